The first-order valence-corrected chi connectivity index (χ1v) is 9.35. The van der Waals surface area contributed by atoms with E-state index >= 15 is 0 Å². The molecular formula is C22H32O2. The van der Waals surface area contributed by atoms with Crippen LogP contribution in [0.25, 0.3) is 0 Å². The molecule has 2 atom stereocenters. The molecule has 0 saturated heterocycles. The van der Waals surface area contributed by atoms with Gasteiger partial charge in [0.05, 0.1) is 18.1 Å². The highest BCUT2D eigenvalue weighted by Gasteiger charge is 2.61. The molecule has 132 valence electrons. The predicted molar refractivity (Wildman–Crippen MR) is 100 cm³/mol. The molecule has 1 saturated carbocycles. The van der Waals surface area contributed by atoms with E-state index in [0.29, 0.717) is 6.61 Å². The zero-order valence-electron chi connectivity index (χ0n) is 16.0. The first-order chi connectivity index (χ1) is 11.5. The Morgan fingerprint density at radius 2 is 1.58 bits per heavy atom. The van der Waals surface area contributed by atoms with E-state index in [2.05, 4.69) is 57.5 Å². The van der Waals surface area contributed by atoms with Crippen molar-refractivity contribution >= 4 is 5.97 Å². The minimum Gasteiger partial charge on any atom is -0.466 e. The second kappa shape index (κ2) is 10.2. The average molecular weight is 328 g/mol. The Morgan fingerprint density at radius 3 is 2.04 bits per heavy atom. The lowest BCUT2D eigenvalue weighted by molar-refractivity contribution is -0.145. The fraction of sp³-hybridized carbons (Fsp3) is 0.682. The highest BCUT2D eigenvalue weighted by Crippen LogP contribution is 2.59. The van der Waals surface area contributed by atoms with Crippen LogP contribution in [0.3, 0.4) is 0 Å². The Morgan fingerprint density at radius 1 is 1.04 bits per heavy atom. The Bertz CT molecular complexity index is 532. The molecular weight excluding hydrogens is 296 g/mol. The van der Waals surface area contributed by atoms with Crippen molar-refractivity contribution in [3.63, 3.8) is 0 Å². The summed E-state index contributed by atoms with van der Waals surface area (Å²) in [7, 11) is 0. The first-order valence-electron chi connectivity index (χ1n) is 9.35. The van der Waals surface area contributed by atoms with E-state index < -0.39 is 0 Å². The van der Waals surface area contributed by atoms with Gasteiger partial charge in [0.15, 0.2) is 0 Å². The highest BCUT2D eigenvalue weighted by molar-refractivity contribution is 5.78. The Labute approximate surface area is 148 Å². The van der Waals surface area contributed by atoms with Gasteiger partial charge in [-0.25, -0.2) is 0 Å². The Hall–Kier alpha value is -1.67. The third-order valence-corrected chi connectivity index (χ3v) is 4.55. The lowest BCUT2D eigenvalue weighted by atomic mass is 10.1. The summed E-state index contributed by atoms with van der Waals surface area (Å²) in [6, 6.07) is 0. The summed E-state index contributed by atoms with van der Waals surface area (Å²) in [6.07, 6.45) is 8.43. The van der Waals surface area contributed by atoms with Crippen molar-refractivity contribution in [1.29, 1.82) is 0 Å². The number of esters is 1. The van der Waals surface area contributed by atoms with Crippen LogP contribution in [-0.4, -0.2) is 12.6 Å². The third-order valence-electron chi connectivity index (χ3n) is 4.55. The fourth-order valence-corrected chi connectivity index (χ4v) is 2.81. The molecule has 0 bridgehead atoms. The minimum absolute atomic E-state index is 0.0618. The van der Waals surface area contributed by atoms with Crippen molar-refractivity contribution < 1.29 is 9.53 Å². The van der Waals surface area contributed by atoms with Crippen LogP contribution in [-0.2, 0) is 9.53 Å². The number of hydrogen-bond donors (Lipinski definition) is 0. The summed E-state index contributed by atoms with van der Waals surface area (Å²) >= 11 is 0. The zero-order valence-corrected chi connectivity index (χ0v) is 16.0. The summed E-state index contributed by atoms with van der Waals surface area (Å²) in [5, 5.41) is 0. The molecule has 1 rings (SSSR count). The monoisotopic (exact) mass is 328 g/mol. The van der Waals surface area contributed by atoms with E-state index in [-0.39, 0.29) is 23.2 Å². The van der Waals surface area contributed by atoms with E-state index in [9.17, 15) is 4.79 Å². The standard InChI is InChI=1S/C22H32O2/c1-6-9-11-13-15-18(16-14-12-10-7-2)17-19-20(22(19,4)5)21(23)24-8-3/h17,19-20H,6-12H2,1-5H3/t19-,20+/m1/s1. The maximum Gasteiger partial charge on any atom is 0.310 e. The van der Waals surface area contributed by atoms with Crippen LogP contribution in [0.4, 0.5) is 0 Å². The maximum absolute atomic E-state index is 12.1. The van der Waals surface area contributed by atoms with Crippen LogP contribution in [0, 0.1) is 40.9 Å². The fourth-order valence-electron chi connectivity index (χ4n) is 2.81. The van der Waals surface area contributed by atoms with Crippen LogP contribution >= 0.6 is 0 Å². The molecule has 0 heterocycles. The topological polar surface area (TPSA) is 26.3 Å². The molecule has 2 nitrogen and oxygen atoms in total. The number of carbonyl (C=O) groups excluding carboxylic acids is 1. The van der Waals surface area contributed by atoms with Gasteiger partial charge in [-0.15, -0.1) is 0 Å². The lowest BCUT2D eigenvalue weighted by Gasteiger charge is -2.01. The summed E-state index contributed by atoms with van der Waals surface area (Å²) in [6.45, 7) is 10.8. The smallest absolute Gasteiger partial charge is 0.310 e. The van der Waals surface area contributed by atoms with Gasteiger partial charge in [0.25, 0.3) is 0 Å². The van der Waals surface area contributed by atoms with Crippen LogP contribution in [0.2, 0.25) is 0 Å². The SMILES string of the molecule is CCCCC#CC(C#CCCCC)=C[C@@H]1[C@@H](C(=O)OCC)C1(C)C. The second-order valence-electron chi connectivity index (χ2n) is 6.97. The van der Waals surface area contributed by atoms with Gasteiger partial charge in [-0.05, 0) is 31.1 Å². The summed E-state index contributed by atoms with van der Waals surface area (Å²) in [5.74, 6) is 12.9. The van der Waals surface area contributed by atoms with Gasteiger partial charge >= 0.3 is 5.97 Å². The van der Waals surface area contributed by atoms with E-state index in [1.807, 2.05) is 6.92 Å². The number of ether oxygens (including phenoxy) is 1. The molecule has 0 aromatic carbocycles. The lowest BCUT2D eigenvalue weighted by Crippen LogP contribution is -2.10. The molecule has 1 aliphatic rings. The van der Waals surface area contributed by atoms with Crippen molar-refractivity contribution in [2.24, 2.45) is 17.3 Å². The summed E-state index contributed by atoms with van der Waals surface area (Å²) in [4.78, 5) is 12.1. The van der Waals surface area contributed by atoms with Gasteiger partial charge in [0, 0.05) is 12.8 Å². The van der Waals surface area contributed by atoms with Crippen molar-refractivity contribution in [2.45, 2.75) is 73.1 Å². The number of rotatable bonds is 7. The largest absolute Gasteiger partial charge is 0.466 e. The number of unbranched alkanes of at least 4 members (excludes halogenated alkanes) is 4. The van der Waals surface area contributed by atoms with E-state index in [0.717, 1.165) is 44.1 Å². The molecule has 0 unspecified atom stereocenters. The van der Waals surface area contributed by atoms with Crippen LogP contribution in [0.15, 0.2) is 11.6 Å². The van der Waals surface area contributed by atoms with E-state index in [1.54, 1.807) is 0 Å². The molecule has 0 N–H and O–H groups in total. The van der Waals surface area contributed by atoms with Gasteiger partial charge in [-0.1, -0.05) is 70.3 Å². The van der Waals surface area contributed by atoms with Crippen LogP contribution in [0.1, 0.15) is 73.1 Å². The van der Waals surface area contributed by atoms with Crippen molar-refractivity contribution in [3.8, 4) is 23.7 Å². The van der Waals surface area contributed by atoms with Crippen molar-refractivity contribution in [2.75, 3.05) is 6.61 Å². The minimum atomic E-state index is -0.0963. The number of allylic oxidation sites excluding steroid dienone is 2. The Balaban J connectivity index is 2.87. The average Bonchev–Trinajstić information content (AvgIpc) is 3.08. The van der Waals surface area contributed by atoms with Crippen LogP contribution < -0.4 is 0 Å². The molecule has 0 aromatic rings. The molecule has 0 radical (unpaired) electrons. The highest BCUT2D eigenvalue weighted by atomic mass is 16.5. The van der Waals surface area contributed by atoms with Gasteiger partial charge in [-0.3, -0.25) is 4.79 Å². The maximum atomic E-state index is 12.1. The molecule has 0 aromatic heterocycles. The van der Waals surface area contributed by atoms with Crippen LogP contribution in [0.5, 0.6) is 0 Å². The van der Waals surface area contributed by atoms with Gasteiger partial charge in [0.1, 0.15) is 0 Å². The molecule has 0 amide bonds. The number of carbonyl (C=O) groups is 1. The van der Waals surface area contributed by atoms with Gasteiger partial charge in [0.2, 0.25) is 0 Å². The quantitative estimate of drug-likeness (QED) is 0.368. The van der Waals surface area contributed by atoms with E-state index in [4.69, 9.17) is 4.74 Å². The third kappa shape index (κ3) is 6.09. The molecule has 1 fully saturated rings. The van der Waals surface area contributed by atoms with Crippen molar-refractivity contribution in [3.05, 3.63) is 11.6 Å². The molecule has 1 aliphatic carbocycles. The molecule has 0 aliphatic heterocycles. The molecule has 0 spiro atoms. The second-order valence-corrected chi connectivity index (χ2v) is 6.97. The normalized spacial score (nSPS) is 20.0. The Kier molecular flexibility index (Phi) is 8.70. The zero-order chi connectivity index (χ0) is 18.0. The summed E-state index contributed by atoms with van der Waals surface area (Å²) in [5.41, 5.74) is 0.806. The van der Waals surface area contributed by atoms with E-state index in [1.165, 1.54) is 0 Å². The first kappa shape index (κ1) is 20.4. The van der Waals surface area contributed by atoms with Gasteiger partial charge in [-0.2, -0.15) is 0 Å². The molecule has 24 heavy (non-hydrogen) atoms. The predicted octanol–water partition coefficient (Wildman–Crippen LogP) is 5.14. The number of hydrogen-bond acceptors (Lipinski definition) is 2. The molecule has 2 heteroatoms. The van der Waals surface area contributed by atoms with Crippen molar-refractivity contribution in [1.82, 2.24) is 0 Å². The summed E-state index contributed by atoms with van der Waals surface area (Å²) < 4.78 is 5.20. The van der Waals surface area contributed by atoms with Gasteiger partial charge < -0.3 is 4.74 Å².